The van der Waals surface area contributed by atoms with Gasteiger partial charge < -0.3 is 10.2 Å². The van der Waals surface area contributed by atoms with Gasteiger partial charge in [0.1, 0.15) is 10.0 Å². The van der Waals surface area contributed by atoms with Gasteiger partial charge in [-0.05, 0) is 18.2 Å². The molecule has 0 aliphatic carbocycles. The van der Waals surface area contributed by atoms with Gasteiger partial charge in [-0.3, -0.25) is 4.79 Å². The number of nitrogens with one attached hydrogen (secondary N) is 1. The van der Waals surface area contributed by atoms with Crippen molar-refractivity contribution in [2.45, 2.75) is 0 Å². The van der Waals surface area contributed by atoms with Crippen LogP contribution in [-0.2, 0) is 14.8 Å². The normalized spacial score (nSPS) is 15.8. The molecule has 3 heterocycles. The van der Waals surface area contributed by atoms with E-state index in [2.05, 4.69) is 10.3 Å². The van der Waals surface area contributed by atoms with Crippen LogP contribution in [0.4, 0.5) is 5.69 Å². The minimum absolute atomic E-state index is 0.00587. The molecule has 7 nitrogen and oxygen atoms in total. The van der Waals surface area contributed by atoms with Gasteiger partial charge in [0.2, 0.25) is 15.9 Å². The average molecular weight is 565 g/mol. The molecule has 14 heteroatoms. The quantitative estimate of drug-likeness (QED) is 0.481. The maximum atomic E-state index is 12.5. The molecule has 2 aromatic heterocycles. The zero-order chi connectivity index (χ0) is 22.8. The summed E-state index contributed by atoms with van der Waals surface area (Å²) in [4.78, 5) is 18.5. The monoisotopic (exact) mass is 562 g/mol. The molecule has 1 aliphatic heterocycles. The molecule has 0 unspecified atom stereocenters. The summed E-state index contributed by atoms with van der Waals surface area (Å²) in [5.74, 6) is -0.313. The highest BCUT2D eigenvalue weighted by atomic mass is 35.5. The SMILES string of the molecule is O=C1CN(S(=O)(=O)C=Cc2ccc(Cl)s2)CCN1CCNc1c(Cl)c(Cl)nc(Cl)c1Cl. The molecule has 0 aromatic carbocycles. The van der Waals surface area contributed by atoms with E-state index in [4.69, 9.17) is 58.0 Å². The molecule has 0 saturated carbocycles. The van der Waals surface area contributed by atoms with Crippen molar-refractivity contribution in [2.75, 3.05) is 38.0 Å². The van der Waals surface area contributed by atoms with Crippen molar-refractivity contribution < 1.29 is 13.2 Å². The molecule has 0 atom stereocenters. The number of aromatic nitrogens is 1. The molecular weight excluding hydrogens is 550 g/mol. The topological polar surface area (TPSA) is 82.6 Å². The van der Waals surface area contributed by atoms with Gasteiger partial charge in [-0.15, -0.1) is 11.3 Å². The fourth-order valence-electron chi connectivity index (χ4n) is 2.76. The van der Waals surface area contributed by atoms with Gasteiger partial charge in [0.25, 0.3) is 0 Å². The number of anilines is 1. The van der Waals surface area contributed by atoms with Crippen molar-refractivity contribution in [1.82, 2.24) is 14.2 Å². The number of sulfonamides is 1. The molecule has 0 bridgehead atoms. The summed E-state index contributed by atoms with van der Waals surface area (Å²) in [6, 6.07) is 3.40. The van der Waals surface area contributed by atoms with Gasteiger partial charge in [0.05, 0.1) is 16.6 Å². The van der Waals surface area contributed by atoms with E-state index < -0.39 is 10.0 Å². The Kier molecular flexibility index (Phi) is 8.37. The molecule has 3 rings (SSSR count). The van der Waals surface area contributed by atoms with Gasteiger partial charge in [-0.25, -0.2) is 13.4 Å². The van der Waals surface area contributed by atoms with Crippen LogP contribution >= 0.6 is 69.3 Å². The minimum atomic E-state index is -3.73. The number of carbonyl (C=O) groups excluding carboxylic acids is 1. The Labute approximate surface area is 208 Å². The molecule has 1 saturated heterocycles. The summed E-state index contributed by atoms with van der Waals surface area (Å²) in [6.45, 7) is 0.788. The lowest BCUT2D eigenvalue weighted by atomic mass is 10.3. The van der Waals surface area contributed by atoms with Crippen molar-refractivity contribution in [3.63, 3.8) is 0 Å². The average Bonchev–Trinajstić information content (AvgIpc) is 3.14. The maximum absolute atomic E-state index is 12.5. The molecule has 2 aromatic rings. The van der Waals surface area contributed by atoms with Crippen LogP contribution < -0.4 is 5.32 Å². The largest absolute Gasteiger partial charge is 0.381 e. The second kappa shape index (κ2) is 10.4. The first-order chi connectivity index (χ1) is 14.6. The highest BCUT2D eigenvalue weighted by molar-refractivity contribution is 7.92. The second-order valence-corrected chi connectivity index (χ2v) is 11.4. The molecule has 31 heavy (non-hydrogen) atoms. The minimum Gasteiger partial charge on any atom is -0.381 e. The number of hydrogen-bond donors (Lipinski definition) is 1. The summed E-state index contributed by atoms with van der Waals surface area (Å²) in [7, 11) is -3.73. The number of hydrogen-bond acceptors (Lipinski definition) is 6. The van der Waals surface area contributed by atoms with Crippen molar-refractivity contribution in [1.29, 1.82) is 0 Å². The van der Waals surface area contributed by atoms with Crippen molar-refractivity contribution in [3.8, 4) is 0 Å². The van der Waals surface area contributed by atoms with E-state index in [9.17, 15) is 13.2 Å². The van der Waals surface area contributed by atoms with Crippen LogP contribution in [0.15, 0.2) is 17.5 Å². The van der Waals surface area contributed by atoms with E-state index >= 15 is 0 Å². The highest BCUT2D eigenvalue weighted by Crippen LogP contribution is 2.38. The summed E-state index contributed by atoms with van der Waals surface area (Å²) in [6.07, 6.45) is 1.46. The lowest BCUT2D eigenvalue weighted by Gasteiger charge is -2.33. The van der Waals surface area contributed by atoms with Gasteiger partial charge >= 0.3 is 0 Å². The van der Waals surface area contributed by atoms with Crippen molar-refractivity contribution in [3.05, 3.63) is 47.1 Å². The zero-order valence-electron chi connectivity index (χ0n) is 15.6. The van der Waals surface area contributed by atoms with E-state index in [-0.39, 0.29) is 45.9 Å². The predicted molar refractivity (Wildman–Crippen MR) is 128 cm³/mol. The summed E-state index contributed by atoms with van der Waals surface area (Å²) >= 11 is 31.1. The van der Waals surface area contributed by atoms with Crippen LogP contribution in [-0.4, -0.2) is 61.2 Å². The third kappa shape index (κ3) is 6.17. The fourth-order valence-corrected chi connectivity index (χ4v) is 5.78. The molecule has 1 fully saturated rings. The van der Waals surface area contributed by atoms with Crippen LogP contribution in [0.1, 0.15) is 4.88 Å². The molecule has 1 amide bonds. The number of nitrogens with zero attached hydrogens (tertiary/aromatic N) is 3. The van der Waals surface area contributed by atoms with E-state index in [1.165, 1.54) is 17.4 Å². The van der Waals surface area contributed by atoms with Gasteiger partial charge in [-0.1, -0.05) is 58.0 Å². The molecule has 1 aliphatic rings. The fraction of sp³-hybridized carbons (Fsp3) is 0.294. The molecule has 1 N–H and O–H groups in total. The molecule has 0 spiro atoms. The Morgan fingerprint density at radius 3 is 2.35 bits per heavy atom. The zero-order valence-corrected chi connectivity index (χ0v) is 21.0. The Bertz CT molecular complexity index is 1100. The van der Waals surface area contributed by atoms with Gasteiger partial charge in [0, 0.05) is 36.5 Å². The molecule has 0 radical (unpaired) electrons. The number of piperazine rings is 1. The number of thiophene rings is 1. The van der Waals surface area contributed by atoms with E-state index in [1.54, 1.807) is 17.0 Å². The number of amides is 1. The lowest BCUT2D eigenvalue weighted by molar-refractivity contribution is -0.133. The van der Waals surface area contributed by atoms with E-state index in [0.29, 0.717) is 28.0 Å². The van der Waals surface area contributed by atoms with E-state index in [0.717, 1.165) is 9.71 Å². The second-order valence-electron chi connectivity index (χ2n) is 6.33. The summed E-state index contributed by atoms with van der Waals surface area (Å²) < 4.78 is 26.7. The summed E-state index contributed by atoms with van der Waals surface area (Å²) in [5.41, 5.74) is 0.320. The maximum Gasteiger partial charge on any atom is 0.238 e. The number of carbonyl (C=O) groups is 1. The smallest absolute Gasteiger partial charge is 0.238 e. The third-order valence-corrected chi connectivity index (χ3v) is 8.51. The number of rotatable bonds is 7. The summed E-state index contributed by atoms with van der Waals surface area (Å²) in [5, 5.41) is 4.33. The van der Waals surface area contributed by atoms with Crippen LogP contribution in [0.3, 0.4) is 0 Å². The van der Waals surface area contributed by atoms with E-state index in [1.807, 2.05) is 0 Å². The first kappa shape index (κ1) is 24.9. The first-order valence-electron chi connectivity index (χ1n) is 8.73. The number of pyridine rings is 1. The lowest BCUT2D eigenvalue weighted by Crippen LogP contribution is -2.52. The first-order valence-corrected chi connectivity index (χ1v) is 12.9. The van der Waals surface area contributed by atoms with Crippen LogP contribution in [0, 0.1) is 0 Å². The molecular formula is C17H15Cl5N4O3S2. The van der Waals surface area contributed by atoms with Crippen molar-refractivity contribution in [2.24, 2.45) is 0 Å². The van der Waals surface area contributed by atoms with Crippen LogP contribution in [0.5, 0.6) is 0 Å². The van der Waals surface area contributed by atoms with Gasteiger partial charge in [-0.2, -0.15) is 4.31 Å². The predicted octanol–water partition coefficient (Wildman–Crippen LogP) is 4.97. The van der Waals surface area contributed by atoms with Crippen LogP contribution in [0.2, 0.25) is 24.7 Å². The Balaban J connectivity index is 1.56. The van der Waals surface area contributed by atoms with Gasteiger partial charge in [0.15, 0.2) is 10.3 Å². The Morgan fingerprint density at radius 2 is 1.77 bits per heavy atom. The highest BCUT2D eigenvalue weighted by Gasteiger charge is 2.30. The van der Waals surface area contributed by atoms with Crippen molar-refractivity contribution >= 4 is 97.0 Å². The third-order valence-electron chi connectivity index (χ3n) is 4.32. The number of halogens is 5. The Morgan fingerprint density at radius 1 is 1.10 bits per heavy atom. The molecule has 168 valence electrons. The van der Waals surface area contributed by atoms with Crippen LogP contribution in [0.25, 0.3) is 6.08 Å². The Hall–Kier alpha value is -0.780. The standard InChI is InChI=1S/C17H15Cl5N4O3S2/c18-11-2-1-10(30-11)3-8-31(28,29)26-7-6-25(12(27)9-26)5-4-23-15-13(19)16(21)24-17(22)14(15)20/h1-3,8H,4-7,9H2,(H,23,24).